The molecule has 1 fully saturated rings. The zero-order valence-corrected chi connectivity index (χ0v) is 12.2. The van der Waals surface area contributed by atoms with Crippen LogP contribution in [0.5, 0.6) is 0 Å². The molecule has 1 unspecified atom stereocenters. The predicted molar refractivity (Wildman–Crippen MR) is 80.3 cm³/mol. The molecule has 2 aromatic heterocycles. The lowest BCUT2D eigenvalue weighted by molar-refractivity contribution is -0.112. The van der Waals surface area contributed by atoms with E-state index in [0.717, 1.165) is 43.5 Å². The van der Waals surface area contributed by atoms with Crippen molar-refractivity contribution in [2.24, 2.45) is 5.92 Å². The van der Waals surface area contributed by atoms with E-state index in [4.69, 9.17) is 0 Å². The molecule has 5 nitrogen and oxygen atoms in total. The fraction of sp³-hybridized carbons (Fsp3) is 0.438. The highest BCUT2D eigenvalue weighted by Gasteiger charge is 2.19. The summed E-state index contributed by atoms with van der Waals surface area (Å²) < 4.78 is 1.56. The second kappa shape index (κ2) is 5.77. The first-order valence-electron chi connectivity index (χ1n) is 7.32. The standard InChI is InChI=1S/C16H19N3O2/c1-12-4-6-19-15(7-12)17-14(8-16(19)21)10-18-5-2-3-13(9-18)11-20/h4,6-8,11,13H,2-3,5,9-10H2,1H3. The smallest absolute Gasteiger partial charge is 0.258 e. The van der Waals surface area contributed by atoms with E-state index in [-0.39, 0.29) is 11.5 Å². The van der Waals surface area contributed by atoms with Crippen LogP contribution >= 0.6 is 0 Å². The summed E-state index contributed by atoms with van der Waals surface area (Å²) in [5, 5.41) is 0. The molecule has 1 aliphatic rings. The van der Waals surface area contributed by atoms with Gasteiger partial charge in [-0.3, -0.25) is 14.1 Å². The van der Waals surface area contributed by atoms with Crippen LogP contribution in [0, 0.1) is 12.8 Å². The molecular weight excluding hydrogens is 266 g/mol. The summed E-state index contributed by atoms with van der Waals surface area (Å²) in [6.45, 7) is 4.33. The summed E-state index contributed by atoms with van der Waals surface area (Å²) in [5.74, 6) is 0.113. The number of nitrogens with zero attached hydrogens (tertiary/aromatic N) is 3. The number of hydrogen-bond acceptors (Lipinski definition) is 4. The molecule has 0 saturated carbocycles. The largest absolute Gasteiger partial charge is 0.303 e. The Balaban J connectivity index is 1.87. The summed E-state index contributed by atoms with van der Waals surface area (Å²) >= 11 is 0. The summed E-state index contributed by atoms with van der Waals surface area (Å²) in [6, 6.07) is 5.40. The second-order valence-electron chi connectivity index (χ2n) is 5.79. The average molecular weight is 285 g/mol. The molecule has 5 heteroatoms. The molecule has 0 radical (unpaired) electrons. The van der Waals surface area contributed by atoms with Crippen molar-refractivity contribution in [3.05, 3.63) is 46.0 Å². The number of pyridine rings is 1. The number of rotatable bonds is 3. The Hall–Kier alpha value is -2.01. The van der Waals surface area contributed by atoms with Crippen LogP contribution in [0.2, 0.25) is 0 Å². The van der Waals surface area contributed by atoms with Gasteiger partial charge < -0.3 is 4.79 Å². The SMILES string of the molecule is Cc1ccn2c(=O)cc(CN3CCCC(C=O)C3)nc2c1. The van der Waals surface area contributed by atoms with Gasteiger partial charge in [0.15, 0.2) is 0 Å². The molecule has 0 aliphatic carbocycles. The van der Waals surface area contributed by atoms with Crippen molar-refractivity contribution in [2.45, 2.75) is 26.3 Å². The summed E-state index contributed by atoms with van der Waals surface area (Å²) in [5.41, 5.74) is 2.48. The van der Waals surface area contributed by atoms with Gasteiger partial charge in [-0.15, -0.1) is 0 Å². The molecule has 0 aromatic carbocycles. The maximum absolute atomic E-state index is 12.1. The summed E-state index contributed by atoms with van der Waals surface area (Å²) in [4.78, 5) is 29.8. The quantitative estimate of drug-likeness (QED) is 0.800. The lowest BCUT2D eigenvalue weighted by Gasteiger charge is -2.29. The normalized spacial score (nSPS) is 19.8. The molecule has 21 heavy (non-hydrogen) atoms. The Kier molecular flexibility index (Phi) is 3.84. The third-order valence-electron chi connectivity index (χ3n) is 4.00. The Bertz CT molecular complexity index is 723. The highest BCUT2D eigenvalue weighted by atomic mass is 16.1. The van der Waals surface area contributed by atoms with Gasteiger partial charge in [-0.2, -0.15) is 0 Å². The summed E-state index contributed by atoms with van der Waals surface area (Å²) in [6.07, 6.45) is 4.79. The van der Waals surface area contributed by atoms with Crippen LogP contribution in [0.1, 0.15) is 24.1 Å². The molecule has 0 N–H and O–H groups in total. The third-order valence-corrected chi connectivity index (χ3v) is 4.00. The van der Waals surface area contributed by atoms with E-state index in [0.29, 0.717) is 12.2 Å². The van der Waals surface area contributed by atoms with E-state index in [1.807, 2.05) is 19.1 Å². The Morgan fingerprint density at radius 3 is 3.10 bits per heavy atom. The van der Waals surface area contributed by atoms with Crippen LogP contribution in [-0.4, -0.2) is 33.7 Å². The van der Waals surface area contributed by atoms with E-state index < -0.39 is 0 Å². The van der Waals surface area contributed by atoms with Crippen LogP contribution < -0.4 is 5.56 Å². The van der Waals surface area contributed by atoms with Crippen LogP contribution in [0.25, 0.3) is 5.65 Å². The van der Waals surface area contributed by atoms with Gasteiger partial charge in [0.1, 0.15) is 11.9 Å². The molecule has 110 valence electrons. The Labute approximate surface area is 123 Å². The molecule has 3 rings (SSSR count). The van der Waals surface area contributed by atoms with E-state index in [9.17, 15) is 9.59 Å². The fourth-order valence-electron chi connectivity index (χ4n) is 2.91. The molecule has 1 atom stereocenters. The molecule has 0 spiro atoms. The van der Waals surface area contributed by atoms with Gasteiger partial charge in [-0.1, -0.05) is 0 Å². The molecule has 0 amide bonds. The number of fused-ring (bicyclic) bond motifs is 1. The lowest BCUT2D eigenvalue weighted by Crippen LogP contribution is -2.36. The number of carbonyl (C=O) groups is 1. The number of piperidine rings is 1. The predicted octanol–water partition coefficient (Wildman–Crippen LogP) is 1.41. The number of hydrogen-bond donors (Lipinski definition) is 0. The van der Waals surface area contributed by atoms with Crippen molar-refractivity contribution in [1.29, 1.82) is 0 Å². The number of carbonyl (C=O) groups excluding carboxylic acids is 1. The second-order valence-corrected chi connectivity index (χ2v) is 5.79. The van der Waals surface area contributed by atoms with Gasteiger partial charge in [-0.05, 0) is 44.0 Å². The first-order chi connectivity index (χ1) is 10.2. The van der Waals surface area contributed by atoms with Crippen LogP contribution in [0.3, 0.4) is 0 Å². The van der Waals surface area contributed by atoms with Gasteiger partial charge in [0.25, 0.3) is 5.56 Å². The van der Waals surface area contributed by atoms with Crippen LogP contribution in [0.15, 0.2) is 29.2 Å². The maximum Gasteiger partial charge on any atom is 0.258 e. The lowest BCUT2D eigenvalue weighted by atomic mass is 10.00. The van der Waals surface area contributed by atoms with Crippen molar-refractivity contribution >= 4 is 11.9 Å². The molecule has 3 heterocycles. The minimum absolute atomic E-state index is 0.0565. The first kappa shape index (κ1) is 13.9. The topological polar surface area (TPSA) is 54.7 Å². The first-order valence-corrected chi connectivity index (χ1v) is 7.32. The highest BCUT2D eigenvalue weighted by molar-refractivity contribution is 5.54. The Morgan fingerprint density at radius 1 is 1.43 bits per heavy atom. The van der Waals surface area contributed by atoms with Crippen molar-refractivity contribution in [1.82, 2.24) is 14.3 Å². The van der Waals surface area contributed by atoms with E-state index in [1.165, 1.54) is 0 Å². The maximum atomic E-state index is 12.1. The molecular formula is C16H19N3O2. The van der Waals surface area contributed by atoms with E-state index in [2.05, 4.69) is 9.88 Å². The van der Waals surface area contributed by atoms with Gasteiger partial charge in [0, 0.05) is 31.3 Å². The van der Waals surface area contributed by atoms with Gasteiger partial charge in [0.2, 0.25) is 0 Å². The molecule has 1 aliphatic heterocycles. The number of aryl methyl sites for hydroxylation is 1. The van der Waals surface area contributed by atoms with Crippen molar-refractivity contribution in [3.8, 4) is 0 Å². The molecule has 2 aromatic rings. The van der Waals surface area contributed by atoms with Gasteiger partial charge >= 0.3 is 0 Å². The zero-order chi connectivity index (χ0) is 14.8. The van der Waals surface area contributed by atoms with Crippen molar-refractivity contribution in [2.75, 3.05) is 13.1 Å². The minimum Gasteiger partial charge on any atom is -0.303 e. The minimum atomic E-state index is -0.0565. The van der Waals surface area contributed by atoms with Crippen molar-refractivity contribution in [3.63, 3.8) is 0 Å². The van der Waals surface area contributed by atoms with Gasteiger partial charge in [0.05, 0.1) is 5.69 Å². The monoisotopic (exact) mass is 285 g/mol. The molecule has 0 bridgehead atoms. The van der Waals surface area contributed by atoms with Crippen LogP contribution in [-0.2, 0) is 11.3 Å². The average Bonchev–Trinajstić information content (AvgIpc) is 2.47. The van der Waals surface area contributed by atoms with E-state index in [1.54, 1.807) is 16.7 Å². The molecule has 1 saturated heterocycles. The zero-order valence-electron chi connectivity index (χ0n) is 12.2. The fourth-order valence-corrected chi connectivity index (χ4v) is 2.91. The Morgan fingerprint density at radius 2 is 2.29 bits per heavy atom. The van der Waals surface area contributed by atoms with Crippen molar-refractivity contribution < 1.29 is 4.79 Å². The number of aromatic nitrogens is 2. The number of likely N-dealkylation sites (tertiary alicyclic amines) is 1. The summed E-state index contributed by atoms with van der Waals surface area (Å²) in [7, 11) is 0. The third kappa shape index (κ3) is 3.03. The van der Waals surface area contributed by atoms with Gasteiger partial charge in [-0.25, -0.2) is 4.98 Å². The highest BCUT2D eigenvalue weighted by Crippen LogP contribution is 2.16. The number of aldehydes is 1. The van der Waals surface area contributed by atoms with Crippen LogP contribution in [0.4, 0.5) is 0 Å². The van der Waals surface area contributed by atoms with E-state index >= 15 is 0 Å².